The number of alkyl halides is 3. The van der Waals surface area contributed by atoms with E-state index in [-0.39, 0.29) is 16.3 Å². The van der Waals surface area contributed by atoms with Gasteiger partial charge in [-0.3, -0.25) is 4.79 Å². The number of carbonyl (C=O) groups excluding carboxylic acids is 1. The lowest BCUT2D eigenvalue weighted by Gasteiger charge is -2.11. The SMILES string of the molecule is Cc1ccc(-[n+]2noc([O-])c2C(=O)c2sc3nc(-c4ccc(Cl)cc4)cc(-c4ccc(C(F)(F)F)cc4)c3c2N)cc1. The number of halogens is 4. The van der Waals surface area contributed by atoms with Crippen molar-refractivity contribution in [2.45, 2.75) is 13.1 Å². The summed E-state index contributed by atoms with van der Waals surface area (Å²) < 4.78 is 45.8. The number of nitrogen functional groups attached to an aromatic ring is 1. The molecule has 6 aromatic rings. The number of aryl methyl sites for hydroxylation is 1. The maximum atomic E-state index is 13.8. The van der Waals surface area contributed by atoms with E-state index in [0.29, 0.717) is 43.3 Å². The molecule has 0 spiro atoms. The van der Waals surface area contributed by atoms with Gasteiger partial charge in [0.25, 0.3) is 5.78 Å². The molecule has 0 radical (unpaired) electrons. The first-order valence-corrected chi connectivity index (χ1v) is 13.6. The van der Waals surface area contributed by atoms with Crippen molar-refractivity contribution in [3.05, 3.63) is 106 Å². The number of benzene rings is 3. The molecular weight excluding hydrogens is 589 g/mol. The molecule has 210 valence electrons. The highest BCUT2D eigenvalue weighted by atomic mass is 35.5. The lowest BCUT2D eigenvalue weighted by Crippen LogP contribution is -2.39. The van der Waals surface area contributed by atoms with Gasteiger partial charge in [-0.05, 0) is 53.1 Å². The Morgan fingerprint density at radius 3 is 2.29 bits per heavy atom. The van der Waals surface area contributed by atoms with Gasteiger partial charge in [0.15, 0.2) is 5.95 Å². The normalized spacial score (nSPS) is 11.7. The first kappa shape index (κ1) is 27.4. The Morgan fingerprint density at radius 1 is 1.00 bits per heavy atom. The molecule has 2 N–H and O–H groups in total. The molecule has 0 bridgehead atoms. The van der Waals surface area contributed by atoms with Gasteiger partial charge in [0.2, 0.25) is 5.69 Å². The van der Waals surface area contributed by atoms with Gasteiger partial charge in [0.1, 0.15) is 9.71 Å². The standard InChI is InChI=1S/C30H18ClF3N4O3S/c1-15-2-12-20(13-3-15)38-25(29(40)41-37-38)26(39)27-24(35)23-21(16-4-8-18(9-5-16)30(32,33)34)14-22(36-28(23)42-27)17-6-10-19(31)11-7-17/h2-14H,1H3,(H2-,35,37,39,40). The van der Waals surface area contributed by atoms with Gasteiger partial charge >= 0.3 is 11.9 Å². The number of thiophene rings is 1. The average molecular weight is 607 g/mol. The van der Waals surface area contributed by atoms with Crippen molar-refractivity contribution in [1.82, 2.24) is 10.3 Å². The fourth-order valence-corrected chi connectivity index (χ4v) is 5.72. The molecule has 3 aromatic carbocycles. The molecule has 7 nitrogen and oxygen atoms in total. The van der Waals surface area contributed by atoms with E-state index in [9.17, 15) is 23.1 Å². The highest BCUT2D eigenvalue weighted by molar-refractivity contribution is 7.21. The van der Waals surface area contributed by atoms with E-state index in [1.165, 1.54) is 12.1 Å². The van der Waals surface area contributed by atoms with Crippen LogP contribution in [-0.4, -0.2) is 16.0 Å². The van der Waals surface area contributed by atoms with Crippen LogP contribution in [0.1, 0.15) is 26.5 Å². The van der Waals surface area contributed by atoms with E-state index >= 15 is 0 Å². The third-order valence-corrected chi connectivity index (χ3v) is 8.02. The van der Waals surface area contributed by atoms with E-state index in [4.69, 9.17) is 26.8 Å². The minimum absolute atomic E-state index is 0.0140. The third kappa shape index (κ3) is 4.86. The molecule has 42 heavy (non-hydrogen) atoms. The minimum Gasteiger partial charge on any atom is -0.539 e. The lowest BCUT2D eigenvalue weighted by molar-refractivity contribution is -0.672. The number of carbonyl (C=O) groups is 1. The van der Waals surface area contributed by atoms with Gasteiger partial charge in [0, 0.05) is 28.1 Å². The number of rotatable bonds is 5. The van der Waals surface area contributed by atoms with Crippen LogP contribution in [0.2, 0.25) is 5.02 Å². The molecule has 0 saturated carbocycles. The molecule has 0 fully saturated rings. The van der Waals surface area contributed by atoms with E-state index < -0.39 is 23.5 Å². The van der Waals surface area contributed by atoms with Gasteiger partial charge in [0.05, 0.1) is 22.2 Å². The maximum Gasteiger partial charge on any atom is 0.416 e. The number of nitrogens with zero attached hydrogens (tertiary/aromatic N) is 3. The number of nitrogens with two attached hydrogens (primary N) is 1. The number of hydrogen-bond donors (Lipinski definition) is 1. The van der Waals surface area contributed by atoms with E-state index in [0.717, 1.165) is 33.7 Å². The Labute approximate surface area is 245 Å². The summed E-state index contributed by atoms with van der Waals surface area (Å²) in [5.74, 6) is -1.68. The molecule has 0 aliphatic rings. The number of pyridine rings is 1. The smallest absolute Gasteiger partial charge is 0.416 e. The highest BCUT2D eigenvalue weighted by Crippen LogP contribution is 2.43. The van der Waals surface area contributed by atoms with Crippen LogP contribution < -0.4 is 15.5 Å². The minimum atomic E-state index is -4.51. The van der Waals surface area contributed by atoms with Crippen LogP contribution in [0.4, 0.5) is 18.9 Å². The number of aromatic nitrogens is 3. The summed E-state index contributed by atoms with van der Waals surface area (Å²) in [6.07, 6.45) is -4.51. The first-order valence-electron chi connectivity index (χ1n) is 12.4. The molecule has 0 aliphatic heterocycles. The summed E-state index contributed by atoms with van der Waals surface area (Å²) in [5.41, 5.74) is 8.87. The van der Waals surface area contributed by atoms with Gasteiger partial charge < -0.3 is 15.4 Å². The van der Waals surface area contributed by atoms with Crippen LogP contribution in [0, 0.1) is 6.92 Å². The summed E-state index contributed by atoms with van der Waals surface area (Å²) in [5, 5.41) is 17.3. The lowest BCUT2D eigenvalue weighted by atomic mass is 9.98. The molecule has 0 amide bonds. The summed E-state index contributed by atoms with van der Waals surface area (Å²) >= 11 is 7.01. The van der Waals surface area contributed by atoms with Crippen LogP contribution >= 0.6 is 22.9 Å². The molecule has 12 heteroatoms. The van der Waals surface area contributed by atoms with E-state index in [1.54, 1.807) is 54.6 Å². The Bertz CT molecular complexity index is 1970. The molecule has 3 aromatic heterocycles. The Hall–Kier alpha value is -4.74. The monoisotopic (exact) mass is 606 g/mol. The van der Waals surface area contributed by atoms with Crippen molar-refractivity contribution < 1.29 is 32.3 Å². The first-order chi connectivity index (χ1) is 20.0. The number of ketones is 1. The Kier molecular flexibility index (Phi) is 6.71. The average Bonchev–Trinajstić information content (AvgIpc) is 3.52. The molecule has 3 heterocycles. The zero-order valence-electron chi connectivity index (χ0n) is 21.6. The second kappa shape index (κ2) is 10.3. The predicted molar refractivity (Wildman–Crippen MR) is 151 cm³/mol. The molecule has 6 rings (SSSR count). The van der Waals surface area contributed by atoms with Crippen LogP contribution in [0.25, 0.3) is 38.3 Å². The Morgan fingerprint density at radius 2 is 1.64 bits per heavy atom. The molecule has 0 saturated heterocycles. The van der Waals surface area contributed by atoms with Crippen molar-refractivity contribution in [2.75, 3.05) is 5.73 Å². The van der Waals surface area contributed by atoms with Crippen molar-refractivity contribution >= 4 is 44.6 Å². The van der Waals surface area contributed by atoms with Crippen molar-refractivity contribution in [2.24, 2.45) is 0 Å². The van der Waals surface area contributed by atoms with Crippen LogP contribution in [-0.2, 0) is 6.18 Å². The van der Waals surface area contributed by atoms with Gasteiger partial charge in [-0.2, -0.15) is 13.2 Å². The zero-order chi connectivity index (χ0) is 29.8. The second-order valence-electron chi connectivity index (χ2n) is 9.45. The summed E-state index contributed by atoms with van der Waals surface area (Å²) in [4.78, 5) is 18.9. The fraction of sp³-hybridized carbons (Fsp3) is 0.0667. The molecule has 0 atom stereocenters. The maximum absolute atomic E-state index is 13.8. The Balaban J connectivity index is 1.54. The van der Waals surface area contributed by atoms with Crippen molar-refractivity contribution in [1.29, 1.82) is 0 Å². The summed E-state index contributed by atoms with van der Waals surface area (Å²) in [7, 11) is 0. The summed E-state index contributed by atoms with van der Waals surface area (Å²) in [6.45, 7) is 1.89. The van der Waals surface area contributed by atoms with Gasteiger partial charge in [-0.15, -0.1) is 11.3 Å². The topological polar surface area (TPSA) is 109 Å². The van der Waals surface area contributed by atoms with Crippen LogP contribution in [0.5, 0.6) is 5.95 Å². The highest BCUT2D eigenvalue weighted by Gasteiger charge is 2.33. The van der Waals surface area contributed by atoms with Crippen LogP contribution in [0.3, 0.4) is 0 Å². The van der Waals surface area contributed by atoms with Crippen LogP contribution in [0.15, 0.2) is 83.4 Å². The molecular formula is C30H18ClF3N4O3S. The zero-order valence-corrected chi connectivity index (χ0v) is 23.1. The third-order valence-electron chi connectivity index (χ3n) is 6.67. The predicted octanol–water partition coefficient (Wildman–Crippen LogP) is 6.76. The largest absolute Gasteiger partial charge is 0.539 e. The van der Waals surface area contributed by atoms with E-state index in [1.807, 2.05) is 6.92 Å². The van der Waals surface area contributed by atoms with Crippen molar-refractivity contribution in [3.8, 4) is 34.0 Å². The number of anilines is 1. The quantitative estimate of drug-likeness (QED) is 0.171. The molecule has 0 unspecified atom stereocenters. The van der Waals surface area contributed by atoms with E-state index in [2.05, 4.69) is 5.27 Å². The van der Waals surface area contributed by atoms with Crippen molar-refractivity contribution in [3.63, 3.8) is 0 Å². The molecule has 0 aliphatic carbocycles. The summed E-state index contributed by atoms with van der Waals surface area (Å²) in [6, 6.07) is 20.1. The number of fused-ring (bicyclic) bond motifs is 1. The number of hydrogen-bond acceptors (Lipinski definition) is 7. The fourth-order valence-electron chi connectivity index (χ4n) is 4.53. The van der Waals surface area contributed by atoms with Gasteiger partial charge in [-0.25, -0.2) is 4.98 Å². The van der Waals surface area contributed by atoms with Gasteiger partial charge in [-0.1, -0.05) is 53.6 Å². The second-order valence-corrected chi connectivity index (χ2v) is 10.9.